The van der Waals surface area contributed by atoms with E-state index in [1.165, 1.54) is 0 Å². The van der Waals surface area contributed by atoms with Crippen LogP contribution in [0.25, 0.3) is 0 Å². The average Bonchev–Trinajstić information content (AvgIpc) is 2.38. The summed E-state index contributed by atoms with van der Waals surface area (Å²) in [7, 11) is 0. The van der Waals surface area contributed by atoms with Crippen molar-refractivity contribution in [1.82, 2.24) is 0 Å². The molecule has 0 fully saturated rings. The van der Waals surface area contributed by atoms with Crippen molar-refractivity contribution in [3.8, 4) is 5.75 Å². The molecular formula is C16H22O3. The molecule has 0 spiro atoms. The molecular weight excluding hydrogens is 240 g/mol. The molecule has 0 aliphatic heterocycles. The lowest BCUT2D eigenvalue weighted by molar-refractivity contribution is -0.161. The second-order valence-electron chi connectivity index (χ2n) is 5.91. The molecule has 0 aromatic heterocycles. The SMILES string of the molecule is CCC(C)(C)C(=O)OC1CCCc2cc(O)ccc21. The van der Waals surface area contributed by atoms with Gasteiger partial charge in [-0.05, 0) is 62.8 Å². The predicted octanol–water partition coefficient (Wildman–Crippen LogP) is 3.75. The van der Waals surface area contributed by atoms with Crippen LogP contribution in [-0.2, 0) is 16.0 Å². The van der Waals surface area contributed by atoms with Gasteiger partial charge in [0.1, 0.15) is 11.9 Å². The topological polar surface area (TPSA) is 46.5 Å². The largest absolute Gasteiger partial charge is 0.508 e. The lowest BCUT2D eigenvalue weighted by atomic mass is 9.87. The molecule has 0 heterocycles. The van der Waals surface area contributed by atoms with E-state index in [1.807, 2.05) is 26.8 Å². The number of ether oxygens (including phenoxy) is 1. The maximum absolute atomic E-state index is 12.2. The van der Waals surface area contributed by atoms with Crippen molar-refractivity contribution in [1.29, 1.82) is 0 Å². The van der Waals surface area contributed by atoms with E-state index in [9.17, 15) is 9.90 Å². The summed E-state index contributed by atoms with van der Waals surface area (Å²) in [6.45, 7) is 5.82. The highest BCUT2D eigenvalue weighted by atomic mass is 16.5. The van der Waals surface area contributed by atoms with E-state index >= 15 is 0 Å². The molecule has 0 saturated heterocycles. The van der Waals surface area contributed by atoms with Crippen LogP contribution in [0.5, 0.6) is 5.75 Å². The van der Waals surface area contributed by atoms with E-state index in [2.05, 4.69) is 0 Å². The second kappa shape index (κ2) is 5.24. The van der Waals surface area contributed by atoms with Crippen LogP contribution in [-0.4, -0.2) is 11.1 Å². The number of fused-ring (bicyclic) bond motifs is 1. The van der Waals surface area contributed by atoms with Gasteiger partial charge < -0.3 is 9.84 Å². The van der Waals surface area contributed by atoms with E-state index in [-0.39, 0.29) is 17.8 Å². The third-order valence-corrected chi connectivity index (χ3v) is 4.07. The third-order valence-electron chi connectivity index (χ3n) is 4.07. The Hall–Kier alpha value is -1.51. The Morgan fingerprint density at radius 1 is 1.47 bits per heavy atom. The first kappa shape index (κ1) is 13.9. The molecule has 3 heteroatoms. The number of aryl methyl sites for hydroxylation is 1. The van der Waals surface area contributed by atoms with Gasteiger partial charge in [-0.2, -0.15) is 0 Å². The number of benzene rings is 1. The van der Waals surface area contributed by atoms with E-state index in [0.717, 1.165) is 36.8 Å². The Morgan fingerprint density at radius 3 is 2.89 bits per heavy atom. The maximum atomic E-state index is 12.2. The van der Waals surface area contributed by atoms with Crippen LogP contribution in [0.15, 0.2) is 18.2 Å². The third kappa shape index (κ3) is 2.91. The van der Waals surface area contributed by atoms with E-state index in [4.69, 9.17) is 4.74 Å². The van der Waals surface area contributed by atoms with Gasteiger partial charge in [-0.15, -0.1) is 0 Å². The van der Waals surface area contributed by atoms with Crippen LogP contribution in [0.4, 0.5) is 0 Å². The normalized spacial score (nSPS) is 18.8. The Balaban J connectivity index is 2.18. The zero-order chi connectivity index (χ0) is 14.0. The predicted molar refractivity (Wildman–Crippen MR) is 73.9 cm³/mol. The molecule has 19 heavy (non-hydrogen) atoms. The molecule has 2 rings (SSSR count). The minimum absolute atomic E-state index is 0.138. The van der Waals surface area contributed by atoms with Gasteiger partial charge >= 0.3 is 5.97 Å². The quantitative estimate of drug-likeness (QED) is 0.844. The highest BCUT2D eigenvalue weighted by Crippen LogP contribution is 2.36. The smallest absolute Gasteiger partial charge is 0.312 e. The van der Waals surface area contributed by atoms with Crippen LogP contribution in [0, 0.1) is 5.41 Å². The molecule has 0 radical (unpaired) electrons. The zero-order valence-corrected chi connectivity index (χ0v) is 11.9. The number of aromatic hydroxyl groups is 1. The summed E-state index contributed by atoms with van der Waals surface area (Å²) < 4.78 is 5.69. The van der Waals surface area contributed by atoms with Crippen molar-refractivity contribution < 1.29 is 14.6 Å². The number of carbonyl (C=O) groups is 1. The van der Waals surface area contributed by atoms with Gasteiger partial charge in [-0.1, -0.05) is 13.0 Å². The molecule has 104 valence electrons. The fraction of sp³-hybridized carbons (Fsp3) is 0.562. The number of hydrogen-bond donors (Lipinski definition) is 1. The standard InChI is InChI=1S/C16H22O3/c1-4-16(2,3)15(18)19-14-7-5-6-11-10-12(17)8-9-13(11)14/h8-10,14,17H,4-7H2,1-3H3. The molecule has 1 atom stereocenters. The summed E-state index contributed by atoms with van der Waals surface area (Å²) in [6, 6.07) is 5.32. The van der Waals surface area contributed by atoms with E-state index in [1.54, 1.807) is 12.1 Å². The molecule has 3 nitrogen and oxygen atoms in total. The molecule has 1 aliphatic rings. The van der Waals surface area contributed by atoms with E-state index in [0.29, 0.717) is 0 Å². The monoisotopic (exact) mass is 262 g/mol. The first-order valence-corrected chi connectivity index (χ1v) is 6.97. The Labute approximate surface area is 114 Å². The molecule has 1 aromatic rings. The molecule has 1 unspecified atom stereocenters. The summed E-state index contributed by atoms with van der Waals surface area (Å²) in [5.74, 6) is 0.139. The Kier molecular flexibility index (Phi) is 3.83. The minimum atomic E-state index is -0.436. The van der Waals surface area contributed by atoms with Crippen molar-refractivity contribution in [2.24, 2.45) is 5.41 Å². The number of phenols is 1. The summed E-state index contributed by atoms with van der Waals surface area (Å²) in [5.41, 5.74) is 1.71. The summed E-state index contributed by atoms with van der Waals surface area (Å²) >= 11 is 0. The number of esters is 1. The van der Waals surface area contributed by atoms with Crippen LogP contribution in [0.2, 0.25) is 0 Å². The first-order chi connectivity index (χ1) is 8.94. The van der Waals surface area contributed by atoms with Gasteiger partial charge in [0.25, 0.3) is 0 Å². The fourth-order valence-corrected chi connectivity index (χ4v) is 2.31. The van der Waals surface area contributed by atoms with Crippen LogP contribution < -0.4 is 0 Å². The maximum Gasteiger partial charge on any atom is 0.312 e. The van der Waals surface area contributed by atoms with Crippen LogP contribution in [0.3, 0.4) is 0 Å². The number of hydrogen-bond acceptors (Lipinski definition) is 3. The van der Waals surface area contributed by atoms with Crippen molar-refractivity contribution >= 4 is 5.97 Å². The van der Waals surface area contributed by atoms with Gasteiger partial charge in [-0.25, -0.2) is 0 Å². The molecule has 1 aromatic carbocycles. The Morgan fingerprint density at radius 2 is 2.21 bits per heavy atom. The molecule has 1 aliphatic carbocycles. The van der Waals surface area contributed by atoms with E-state index < -0.39 is 5.41 Å². The zero-order valence-electron chi connectivity index (χ0n) is 11.9. The molecule has 0 amide bonds. The summed E-state index contributed by atoms with van der Waals surface area (Å²) in [4.78, 5) is 12.2. The second-order valence-corrected chi connectivity index (χ2v) is 5.91. The van der Waals surface area contributed by atoms with Gasteiger partial charge in [0.15, 0.2) is 0 Å². The van der Waals surface area contributed by atoms with Crippen molar-refractivity contribution in [2.75, 3.05) is 0 Å². The van der Waals surface area contributed by atoms with Gasteiger partial charge in [-0.3, -0.25) is 4.79 Å². The number of phenolic OH excluding ortho intramolecular Hbond substituents is 1. The van der Waals surface area contributed by atoms with Crippen molar-refractivity contribution in [3.05, 3.63) is 29.3 Å². The highest BCUT2D eigenvalue weighted by Gasteiger charge is 2.31. The van der Waals surface area contributed by atoms with Crippen molar-refractivity contribution in [2.45, 2.75) is 52.6 Å². The van der Waals surface area contributed by atoms with Gasteiger partial charge in [0.05, 0.1) is 5.41 Å². The average molecular weight is 262 g/mol. The lowest BCUT2D eigenvalue weighted by Gasteiger charge is -2.29. The van der Waals surface area contributed by atoms with Crippen LogP contribution >= 0.6 is 0 Å². The minimum Gasteiger partial charge on any atom is -0.508 e. The molecule has 0 saturated carbocycles. The molecule has 1 N–H and O–H groups in total. The lowest BCUT2D eigenvalue weighted by Crippen LogP contribution is -2.28. The fourth-order valence-electron chi connectivity index (χ4n) is 2.31. The number of carbonyl (C=O) groups excluding carboxylic acids is 1. The molecule has 0 bridgehead atoms. The Bertz CT molecular complexity index is 477. The summed E-state index contributed by atoms with van der Waals surface area (Å²) in [6.07, 6.45) is 3.39. The number of rotatable bonds is 3. The summed E-state index contributed by atoms with van der Waals surface area (Å²) in [5, 5.41) is 9.52. The van der Waals surface area contributed by atoms with Crippen LogP contribution in [0.1, 0.15) is 57.3 Å². The van der Waals surface area contributed by atoms with Gasteiger partial charge in [0.2, 0.25) is 0 Å². The first-order valence-electron chi connectivity index (χ1n) is 6.97. The van der Waals surface area contributed by atoms with Crippen molar-refractivity contribution in [3.63, 3.8) is 0 Å². The van der Waals surface area contributed by atoms with Gasteiger partial charge in [0, 0.05) is 0 Å². The highest BCUT2D eigenvalue weighted by molar-refractivity contribution is 5.76.